The zero-order valence-corrected chi connectivity index (χ0v) is 24.1. The summed E-state index contributed by atoms with van der Waals surface area (Å²) in [7, 11) is 8.72. The molecule has 0 atom stereocenters. The summed E-state index contributed by atoms with van der Waals surface area (Å²) in [6, 6.07) is 11.1. The summed E-state index contributed by atoms with van der Waals surface area (Å²) in [4.78, 5) is 27.1. The van der Waals surface area contributed by atoms with Crippen LogP contribution in [0, 0.1) is 0 Å². The van der Waals surface area contributed by atoms with Crippen LogP contribution in [-0.2, 0) is 11.2 Å². The molecule has 0 aliphatic rings. The molecule has 3 aromatic carbocycles. The number of allylic oxidation sites excluding steroid dienone is 1. The molecule has 4 aromatic rings. The fourth-order valence-corrected chi connectivity index (χ4v) is 4.99. The molecule has 11 nitrogen and oxygen atoms in total. The number of hydrogen-bond acceptors (Lipinski definition) is 11. The molecule has 4 rings (SSSR count). The van der Waals surface area contributed by atoms with Crippen molar-refractivity contribution in [1.82, 2.24) is 8.75 Å². The first-order valence-electron chi connectivity index (χ1n) is 12.1. The second kappa shape index (κ2) is 12.6. The number of carbonyl (C=O) groups is 2. The lowest BCUT2D eigenvalue weighted by Crippen LogP contribution is -2.15. The fourth-order valence-electron chi connectivity index (χ4n) is 4.47. The highest BCUT2D eigenvalue weighted by Crippen LogP contribution is 2.41. The van der Waals surface area contributed by atoms with Crippen LogP contribution in [0.5, 0.6) is 34.5 Å². The number of ketones is 1. The van der Waals surface area contributed by atoms with Gasteiger partial charge in [0.1, 0.15) is 11.0 Å². The van der Waals surface area contributed by atoms with E-state index in [4.69, 9.17) is 28.4 Å². The van der Waals surface area contributed by atoms with E-state index in [1.54, 1.807) is 30.3 Å². The number of carbonyl (C=O) groups excluding carboxylic acids is 1. The Morgan fingerprint density at radius 3 is 1.68 bits per heavy atom. The number of carboxylic acids is 1. The minimum absolute atomic E-state index is 0.0106. The van der Waals surface area contributed by atoms with Crippen molar-refractivity contribution in [2.75, 3.05) is 42.7 Å². The molecule has 0 aliphatic heterocycles. The lowest BCUT2D eigenvalue weighted by molar-refractivity contribution is -0.130. The van der Waals surface area contributed by atoms with Crippen molar-refractivity contribution in [3.8, 4) is 34.5 Å². The monoisotopic (exact) mass is 580 g/mol. The number of rotatable bonds is 12. The van der Waals surface area contributed by atoms with E-state index in [-0.39, 0.29) is 34.6 Å². The van der Waals surface area contributed by atoms with Crippen LogP contribution in [-0.4, -0.2) is 68.3 Å². The van der Waals surface area contributed by atoms with Crippen LogP contribution in [0.15, 0.2) is 48.0 Å². The molecular weight excluding hydrogens is 552 g/mol. The predicted octanol–water partition coefficient (Wildman–Crippen LogP) is 4.71. The van der Waals surface area contributed by atoms with Gasteiger partial charge in [0.15, 0.2) is 28.8 Å². The Morgan fingerprint density at radius 1 is 0.683 bits per heavy atom. The summed E-state index contributed by atoms with van der Waals surface area (Å²) in [5.41, 5.74) is 1.89. The van der Waals surface area contributed by atoms with E-state index in [9.17, 15) is 14.7 Å². The third kappa shape index (κ3) is 5.73. The van der Waals surface area contributed by atoms with Crippen LogP contribution >= 0.6 is 11.7 Å². The van der Waals surface area contributed by atoms with Crippen molar-refractivity contribution >= 4 is 40.1 Å². The van der Waals surface area contributed by atoms with Gasteiger partial charge < -0.3 is 33.5 Å². The molecule has 0 radical (unpaired) electrons. The van der Waals surface area contributed by atoms with Crippen LogP contribution in [0.1, 0.15) is 21.5 Å². The van der Waals surface area contributed by atoms with Gasteiger partial charge in [-0.05, 0) is 47.5 Å². The number of fused-ring (bicyclic) bond motifs is 1. The van der Waals surface area contributed by atoms with Crippen LogP contribution in [0.3, 0.4) is 0 Å². The second-order valence-corrected chi connectivity index (χ2v) is 9.11. The van der Waals surface area contributed by atoms with E-state index < -0.39 is 11.8 Å². The highest BCUT2D eigenvalue weighted by molar-refractivity contribution is 7.00. The molecule has 1 N–H and O–H groups in total. The molecule has 0 spiro atoms. The summed E-state index contributed by atoms with van der Waals surface area (Å²) < 4.78 is 41.1. The highest BCUT2D eigenvalue weighted by atomic mass is 32.1. The number of carboxylic acid groups (broad SMARTS) is 1. The van der Waals surface area contributed by atoms with Crippen molar-refractivity contribution in [3.63, 3.8) is 0 Å². The van der Waals surface area contributed by atoms with E-state index in [1.807, 2.05) is 0 Å². The quantitative estimate of drug-likeness (QED) is 0.184. The van der Waals surface area contributed by atoms with Gasteiger partial charge in [0.2, 0.25) is 11.5 Å². The maximum atomic E-state index is 14.3. The average Bonchev–Trinajstić information content (AvgIpc) is 3.46. The maximum Gasteiger partial charge on any atom is 0.336 e. The van der Waals surface area contributed by atoms with Crippen molar-refractivity contribution in [1.29, 1.82) is 0 Å². The number of methoxy groups -OCH3 is 6. The highest BCUT2D eigenvalue weighted by Gasteiger charge is 2.27. The maximum absolute atomic E-state index is 14.3. The minimum atomic E-state index is -1.30. The first-order valence-corrected chi connectivity index (χ1v) is 12.9. The summed E-state index contributed by atoms with van der Waals surface area (Å²) in [5.74, 6) is -0.00518. The Hall–Kier alpha value is -4.84. The second-order valence-electron chi connectivity index (χ2n) is 8.58. The zero-order valence-electron chi connectivity index (χ0n) is 23.3. The Kier molecular flexibility index (Phi) is 8.93. The molecule has 0 amide bonds. The molecule has 0 saturated heterocycles. The minimum Gasteiger partial charge on any atom is -0.493 e. The van der Waals surface area contributed by atoms with Crippen molar-refractivity contribution in [3.05, 3.63) is 64.7 Å². The van der Waals surface area contributed by atoms with Gasteiger partial charge in [-0.25, -0.2) is 4.79 Å². The van der Waals surface area contributed by atoms with Gasteiger partial charge in [0.05, 0.1) is 60.0 Å². The fraction of sp³-hybridized carbons (Fsp3) is 0.241. The number of nitrogens with zero attached hydrogens (tertiary/aromatic N) is 2. The summed E-state index contributed by atoms with van der Waals surface area (Å²) in [6.07, 6.45) is -0.0960. The van der Waals surface area contributed by atoms with Crippen LogP contribution in [0.2, 0.25) is 0 Å². The summed E-state index contributed by atoms with van der Waals surface area (Å²) in [5, 5.41) is 10.5. The van der Waals surface area contributed by atoms with Gasteiger partial charge >= 0.3 is 5.97 Å². The normalized spacial score (nSPS) is 11.5. The smallest absolute Gasteiger partial charge is 0.336 e. The molecule has 12 heteroatoms. The molecular formula is C29H28N2O9S. The number of Topliss-reactive ketones (excluding diaryl/α,β-unsaturated/α-hetero) is 1. The van der Waals surface area contributed by atoms with Crippen molar-refractivity contribution in [2.45, 2.75) is 6.42 Å². The largest absolute Gasteiger partial charge is 0.493 e. The standard InChI is InChI=1S/C29H28N2O9S/c1-35-21-10-15(11-22(36-2)27(21)39-5)9-18(25(29(33)34)16-7-8-19-20(12-16)31-41-30-19)26(32)17-13-23(37-3)28(40-6)24(14-17)38-4/h7-8,10-14H,9H2,1-6H3,(H,33,34). The van der Waals surface area contributed by atoms with Crippen LogP contribution in [0.4, 0.5) is 0 Å². The van der Waals surface area contributed by atoms with E-state index in [2.05, 4.69) is 8.75 Å². The number of ether oxygens (including phenoxy) is 6. The lowest BCUT2D eigenvalue weighted by Gasteiger charge is -2.18. The molecule has 1 aromatic heterocycles. The zero-order chi connectivity index (χ0) is 29.7. The molecule has 0 aliphatic carbocycles. The summed E-state index contributed by atoms with van der Waals surface area (Å²) in [6.45, 7) is 0. The Balaban J connectivity index is 1.99. The van der Waals surface area contributed by atoms with Gasteiger partial charge in [-0.1, -0.05) is 6.07 Å². The molecule has 0 saturated carbocycles. The third-order valence-corrected chi connectivity index (χ3v) is 6.92. The predicted molar refractivity (Wildman–Crippen MR) is 152 cm³/mol. The van der Waals surface area contributed by atoms with Gasteiger partial charge in [0, 0.05) is 17.6 Å². The van der Waals surface area contributed by atoms with E-state index in [0.29, 0.717) is 45.2 Å². The van der Waals surface area contributed by atoms with Crippen LogP contribution < -0.4 is 28.4 Å². The molecule has 41 heavy (non-hydrogen) atoms. The number of aliphatic carboxylic acids is 1. The van der Waals surface area contributed by atoms with E-state index in [0.717, 1.165) is 11.7 Å². The molecule has 0 fully saturated rings. The summed E-state index contributed by atoms with van der Waals surface area (Å²) >= 11 is 1.01. The molecule has 0 bridgehead atoms. The SMILES string of the molecule is COc1cc(CC(C(=O)c2cc(OC)c(OC)c(OC)c2)=C(C(=O)O)c2ccc3nsnc3c2)cc(OC)c1OC. The van der Waals surface area contributed by atoms with Gasteiger partial charge in [0.25, 0.3) is 0 Å². The first kappa shape index (κ1) is 29.2. The lowest BCUT2D eigenvalue weighted by atomic mass is 9.89. The number of hydrogen-bond donors (Lipinski definition) is 1. The average molecular weight is 581 g/mol. The van der Waals surface area contributed by atoms with E-state index >= 15 is 0 Å². The number of aromatic nitrogens is 2. The Bertz CT molecular complexity index is 1590. The third-order valence-electron chi connectivity index (χ3n) is 6.36. The Morgan fingerprint density at radius 2 is 1.20 bits per heavy atom. The van der Waals surface area contributed by atoms with Crippen LogP contribution in [0.25, 0.3) is 16.6 Å². The number of benzene rings is 3. The first-order chi connectivity index (χ1) is 19.8. The molecule has 0 unspecified atom stereocenters. The van der Waals surface area contributed by atoms with Gasteiger partial charge in [-0.2, -0.15) is 8.75 Å². The van der Waals surface area contributed by atoms with Crippen molar-refractivity contribution < 1.29 is 43.1 Å². The molecule has 1 heterocycles. The Labute approximate surface area is 240 Å². The molecule has 214 valence electrons. The van der Waals surface area contributed by atoms with Gasteiger partial charge in [-0.3, -0.25) is 4.79 Å². The topological polar surface area (TPSA) is 136 Å². The van der Waals surface area contributed by atoms with Crippen molar-refractivity contribution in [2.24, 2.45) is 0 Å². The van der Waals surface area contributed by atoms with E-state index in [1.165, 1.54) is 54.8 Å². The van der Waals surface area contributed by atoms with Gasteiger partial charge in [-0.15, -0.1) is 0 Å².